The first kappa shape index (κ1) is 20.7. The predicted octanol–water partition coefficient (Wildman–Crippen LogP) is 4.24. The smallest absolute Gasteiger partial charge is 0.129 e. The summed E-state index contributed by atoms with van der Waals surface area (Å²) in [5.41, 5.74) is 3.95. The van der Waals surface area contributed by atoms with Crippen molar-refractivity contribution in [1.82, 2.24) is 25.1 Å². The maximum absolute atomic E-state index is 10.6. The van der Waals surface area contributed by atoms with Gasteiger partial charge in [-0.15, -0.1) is 0 Å². The lowest BCUT2D eigenvalue weighted by molar-refractivity contribution is 0.226. The fourth-order valence-corrected chi connectivity index (χ4v) is 5.08. The van der Waals surface area contributed by atoms with Gasteiger partial charge in [0.25, 0.3) is 0 Å². The molecule has 2 unspecified atom stereocenters. The minimum absolute atomic E-state index is 0.112. The number of rotatable bonds is 3. The van der Waals surface area contributed by atoms with E-state index in [1.165, 1.54) is 0 Å². The molecule has 7 heteroatoms. The lowest BCUT2D eigenvalue weighted by atomic mass is 9.85. The third kappa shape index (κ3) is 3.77. The summed E-state index contributed by atoms with van der Waals surface area (Å²) in [6, 6.07) is 12.5. The average molecular weight is 431 g/mol. The fourth-order valence-electron chi connectivity index (χ4n) is 5.08. The molecule has 4 heterocycles. The van der Waals surface area contributed by atoms with Crippen LogP contribution in [0.5, 0.6) is 5.75 Å². The molecule has 0 amide bonds. The number of hydrogen-bond acceptors (Lipinski definition) is 6. The Labute approximate surface area is 188 Å². The zero-order valence-electron chi connectivity index (χ0n) is 19.3. The number of nitrogens with zero attached hydrogens (tertiary/aromatic N) is 5. The van der Waals surface area contributed by atoms with Crippen molar-refractivity contribution >= 4 is 27.8 Å². The van der Waals surface area contributed by atoms with E-state index in [9.17, 15) is 5.11 Å². The van der Waals surface area contributed by atoms with Crippen LogP contribution in [-0.4, -0.2) is 49.5 Å². The SMILES string of the molecule is CC1CC(N(C)c2ccc3nc(-c4cc5cn(C)nc5cc4O)ccc3n2)CC(C)(C)N1. The third-order valence-electron chi connectivity index (χ3n) is 6.46. The van der Waals surface area contributed by atoms with Crippen molar-refractivity contribution in [2.75, 3.05) is 11.9 Å². The van der Waals surface area contributed by atoms with Gasteiger partial charge >= 0.3 is 0 Å². The van der Waals surface area contributed by atoms with Gasteiger partial charge in [0.1, 0.15) is 11.6 Å². The monoisotopic (exact) mass is 430 g/mol. The van der Waals surface area contributed by atoms with Crippen LogP contribution in [0.4, 0.5) is 5.82 Å². The van der Waals surface area contributed by atoms with Crippen molar-refractivity contribution in [2.24, 2.45) is 7.05 Å². The summed E-state index contributed by atoms with van der Waals surface area (Å²) in [4.78, 5) is 12.0. The lowest BCUT2D eigenvalue weighted by Crippen LogP contribution is -2.56. The summed E-state index contributed by atoms with van der Waals surface area (Å²) in [5, 5.41) is 19.6. The lowest BCUT2D eigenvalue weighted by Gasteiger charge is -2.44. The molecule has 2 N–H and O–H groups in total. The molecular weight excluding hydrogens is 400 g/mol. The van der Waals surface area contributed by atoms with Crippen LogP contribution in [0, 0.1) is 0 Å². The highest BCUT2D eigenvalue weighted by atomic mass is 16.3. The Morgan fingerprint density at radius 2 is 1.84 bits per heavy atom. The molecule has 3 aromatic heterocycles. The highest BCUT2D eigenvalue weighted by Gasteiger charge is 2.33. The number of benzene rings is 1. The van der Waals surface area contributed by atoms with Crippen LogP contribution in [0.1, 0.15) is 33.6 Å². The van der Waals surface area contributed by atoms with E-state index in [-0.39, 0.29) is 11.3 Å². The molecular formula is C25H30N6O. The van der Waals surface area contributed by atoms with Gasteiger partial charge in [-0.3, -0.25) is 4.68 Å². The minimum Gasteiger partial charge on any atom is -0.507 e. The molecule has 0 saturated carbocycles. The summed E-state index contributed by atoms with van der Waals surface area (Å²) in [5.74, 6) is 1.14. The number of aromatic nitrogens is 4. The van der Waals surface area contributed by atoms with E-state index >= 15 is 0 Å². The van der Waals surface area contributed by atoms with Gasteiger partial charge in [-0.1, -0.05) is 0 Å². The minimum atomic E-state index is 0.112. The average Bonchev–Trinajstić information content (AvgIpc) is 3.09. The van der Waals surface area contributed by atoms with E-state index in [0.29, 0.717) is 17.6 Å². The van der Waals surface area contributed by atoms with Crippen LogP contribution in [0.25, 0.3) is 33.2 Å². The Morgan fingerprint density at radius 1 is 1.09 bits per heavy atom. The number of phenolic OH excluding ortho intramolecular Hbond substituents is 1. The number of phenols is 1. The summed E-state index contributed by atoms with van der Waals surface area (Å²) in [6.45, 7) is 6.78. The van der Waals surface area contributed by atoms with Gasteiger partial charge in [0.2, 0.25) is 0 Å². The first-order valence-corrected chi connectivity index (χ1v) is 11.1. The number of pyridine rings is 2. The van der Waals surface area contributed by atoms with Crippen LogP contribution in [0.3, 0.4) is 0 Å². The first-order chi connectivity index (χ1) is 15.2. The second kappa shape index (κ2) is 7.45. The Bertz CT molecular complexity index is 1310. The molecule has 1 fully saturated rings. The molecule has 0 spiro atoms. The van der Waals surface area contributed by atoms with Crippen molar-refractivity contribution < 1.29 is 5.11 Å². The van der Waals surface area contributed by atoms with E-state index < -0.39 is 0 Å². The number of piperidine rings is 1. The van der Waals surface area contributed by atoms with Crippen LogP contribution in [0.2, 0.25) is 0 Å². The van der Waals surface area contributed by atoms with Crippen molar-refractivity contribution in [3.8, 4) is 17.0 Å². The summed E-state index contributed by atoms with van der Waals surface area (Å²) in [7, 11) is 4.01. The summed E-state index contributed by atoms with van der Waals surface area (Å²) < 4.78 is 1.74. The molecule has 1 aromatic carbocycles. The Hall–Kier alpha value is -3.19. The van der Waals surface area contributed by atoms with Crippen LogP contribution in [0.15, 0.2) is 42.6 Å². The molecule has 0 bridgehead atoms. The number of hydrogen-bond donors (Lipinski definition) is 2. The molecule has 1 saturated heterocycles. The van der Waals surface area contributed by atoms with Gasteiger partial charge in [0, 0.05) is 54.9 Å². The van der Waals surface area contributed by atoms with Gasteiger partial charge in [0.15, 0.2) is 0 Å². The second-order valence-electron chi connectivity index (χ2n) is 9.77. The molecule has 5 rings (SSSR count). The Kier molecular flexibility index (Phi) is 4.82. The quantitative estimate of drug-likeness (QED) is 0.506. The topological polar surface area (TPSA) is 79.1 Å². The predicted molar refractivity (Wildman–Crippen MR) is 129 cm³/mol. The molecule has 0 radical (unpaired) electrons. The highest BCUT2D eigenvalue weighted by molar-refractivity contribution is 5.88. The van der Waals surface area contributed by atoms with E-state index in [0.717, 1.165) is 46.3 Å². The van der Waals surface area contributed by atoms with E-state index in [4.69, 9.17) is 9.97 Å². The maximum Gasteiger partial charge on any atom is 0.129 e. The van der Waals surface area contributed by atoms with E-state index in [1.54, 1.807) is 10.7 Å². The number of anilines is 1. The molecule has 166 valence electrons. The molecule has 0 aliphatic carbocycles. The molecule has 4 aromatic rings. The number of aryl methyl sites for hydroxylation is 1. The van der Waals surface area contributed by atoms with Crippen LogP contribution >= 0.6 is 0 Å². The Morgan fingerprint density at radius 3 is 2.62 bits per heavy atom. The number of fused-ring (bicyclic) bond motifs is 2. The second-order valence-corrected chi connectivity index (χ2v) is 9.77. The van der Waals surface area contributed by atoms with Crippen molar-refractivity contribution in [2.45, 2.75) is 51.2 Å². The van der Waals surface area contributed by atoms with Crippen LogP contribution in [-0.2, 0) is 7.05 Å². The van der Waals surface area contributed by atoms with Crippen molar-refractivity contribution in [1.29, 1.82) is 0 Å². The number of aromatic hydroxyl groups is 1. The normalized spacial score (nSPS) is 20.7. The number of nitrogens with one attached hydrogen (secondary N) is 1. The van der Waals surface area contributed by atoms with Gasteiger partial charge in [-0.25, -0.2) is 9.97 Å². The molecule has 1 aliphatic rings. The highest BCUT2D eigenvalue weighted by Crippen LogP contribution is 2.33. The standard InChI is InChI=1S/C25H30N6O/c1-15-10-17(13-25(2,3)28-15)31(5)24-9-8-20-21(27-24)7-6-19(26-20)18-11-16-14-30(4)29-22(16)12-23(18)32/h6-9,11-12,14-15,17,28,32H,10,13H2,1-5H3. The Balaban J connectivity index is 1.47. The van der Waals surface area contributed by atoms with E-state index in [2.05, 4.69) is 43.1 Å². The first-order valence-electron chi connectivity index (χ1n) is 11.1. The van der Waals surface area contributed by atoms with Crippen molar-refractivity contribution in [3.05, 3.63) is 42.6 Å². The maximum atomic E-state index is 10.6. The molecule has 2 atom stereocenters. The molecule has 7 nitrogen and oxygen atoms in total. The largest absolute Gasteiger partial charge is 0.507 e. The molecule has 32 heavy (non-hydrogen) atoms. The fraction of sp³-hybridized carbons (Fsp3) is 0.400. The van der Waals surface area contributed by atoms with E-state index in [1.807, 2.05) is 43.6 Å². The summed E-state index contributed by atoms with van der Waals surface area (Å²) >= 11 is 0. The van der Waals surface area contributed by atoms with Crippen LogP contribution < -0.4 is 10.2 Å². The molecule has 1 aliphatic heterocycles. The van der Waals surface area contributed by atoms with Gasteiger partial charge < -0.3 is 15.3 Å². The van der Waals surface area contributed by atoms with Crippen molar-refractivity contribution in [3.63, 3.8) is 0 Å². The van der Waals surface area contributed by atoms with Gasteiger partial charge in [-0.05, 0) is 63.9 Å². The summed E-state index contributed by atoms with van der Waals surface area (Å²) in [6.07, 6.45) is 4.10. The third-order valence-corrected chi connectivity index (χ3v) is 6.46. The zero-order chi connectivity index (χ0) is 22.6. The van der Waals surface area contributed by atoms with Gasteiger partial charge in [-0.2, -0.15) is 5.10 Å². The van der Waals surface area contributed by atoms with Gasteiger partial charge in [0.05, 0.1) is 22.2 Å². The zero-order valence-corrected chi connectivity index (χ0v) is 19.3.